The summed E-state index contributed by atoms with van der Waals surface area (Å²) in [5.41, 5.74) is 0. The SMILES string of the molecule is OC[C@H]1N=NC[C@@H](O)[C@@H]1O. The molecule has 0 radical (unpaired) electrons. The first-order chi connectivity index (χ1) is 4.75. The maximum Gasteiger partial charge on any atom is 0.122 e. The fourth-order valence-corrected chi connectivity index (χ4v) is 0.813. The molecule has 0 fully saturated rings. The second kappa shape index (κ2) is 3.05. The van der Waals surface area contributed by atoms with Gasteiger partial charge in [-0.1, -0.05) is 0 Å². The predicted octanol–water partition coefficient (Wildman–Crippen LogP) is -1.47. The molecule has 58 valence electrons. The van der Waals surface area contributed by atoms with Crippen molar-refractivity contribution in [3.05, 3.63) is 0 Å². The van der Waals surface area contributed by atoms with Gasteiger partial charge < -0.3 is 15.3 Å². The van der Waals surface area contributed by atoms with Crippen molar-refractivity contribution in [3.8, 4) is 0 Å². The van der Waals surface area contributed by atoms with Crippen LogP contribution in [0.2, 0.25) is 0 Å². The Morgan fingerprint density at radius 2 is 2.10 bits per heavy atom. The van der Waals surface area contributed by atoms with Gasteiger partial charge in [-0.3, -0.25) is 0 Å². The molecule has 1 aliphatic rings. The van der Waals surface area contributed by atoms with Crippen LogP contribution in [0.25, 0.3) is 0 Å². The molecule has 10 heavy (non-hydrogen) atoms. The Balaban J connectivity index is 2.57. The summed E-state index contributed by atoms with van der Waals surface area (Å²) < 4.78 is 0. The molecule has 0 aliphatic carbocycles. The maximum absolute atomic E-state index is 9.07. The fourth-order valence-electron chi connectivity index (χ4n) is 0.813. The molecule has 0 saturated carbocycles. The summed E-state index contributed by atoms with van der Waals surface area (Å²) in [7, 11) is 0. The van der Waals surface area contributed by atoms with Crippen LogP contribution in [0, 0.1) is 0 Å². The van der Waals surface area contributed by atoms with E-state index in [4.69, 9.17) is 15.3 Å². The van der Waals surface area contributed by atoms with Crippen molar-refractivity contribution in [2.24, 2.45) is 10.2 Å². The van der Waals surface area contributed by atoms with Crippen LogP contribution in [-0.4, -0.2) is 46.7 Å². The zero-order chi connectivity index (χ0) is 7.56. The maximum atomic E-state index is 9.07. The molecule has 1 rings (SSSR count). The monoisotopic (exact) mass is 146 g/mol. The van der Waals surface area contributed by atoms with E-state index < -0.39 is 18.2 Å². The van der Waals surface area contributed by atoms with Gasteiger partial charge in [0, 0.05) is 0 Å². The number of azo groups is 1. The molecular formula is C5H10N2O3. The molecule has 0 spiro atoms. The van der Waals surface area contributed by atoms with Crippen molar-refractivity contribution in [1.82, 2.24) is 0 Å². The third-order valence-corrected chi connectivity index (χ3v) is 1.47. The van der Waals surface area contributed by atoms with E-state index in [2.05, 4.69) is 10.2 Å². The highest BCUT2D eigenvalue weighted by atomic mass is 16.3. The number of aliphatic hydroxyl groups is 3. The number of aliphatic hydroxyl groups excluding tert-OH is 3. The minimum absolute atomic E-state index is 0.123. The third-order valence-electron chi connectivity index (χ3n) is 1.47. The van der Waals surface area contributed by atoms with Gasteiger partial charge in [0.1, 0.15) is 18.2 Å². The van der Waals surface area contributed by atoms with Crippen LogP contribution in [0.5, 0.6) is 0 Å². The summed E-state index contributed by atoms with van der Waals surface area (Å²) in [6.45, 7) is -0.153. The molecule has 5 nitrogen and oxygen atoms in total. The highest BCUT2D eigenvalue weighted by molar-refractivity contribution is 4.84. The van der Waals surface area contributed by atoms with Crippen molar-refractivity contribution in [2.75, 3.05) is 13.2 Å². The van der Waals surface area contributed by atoms with Crippen LogP contribution >= 0.6 is 0 Å². The average Bonchev–Trinajstić information content (AvgIpc) is 1.95. The summed E-state index contributed by atoms with van der Waals surface area (Å²) in [6.07, 6.45) is -1.85. The van der Waals surface area contributed by atoms with Gasteiger partial charge in [0.2, 0.25) is 0 Å². The minimum atomic E-state index is -0.970. The van der Waals surface area contributed by atoms with E-state index in [-0.39, 0.29) is 13.2 Å². The Morgan fingerprint density at radius 1 is 1.40 bits per heavy atom. The molecule has 3 N–H and O–H groups in total. The first-order valence-corrected chi connectivity index (χ1v) is 3.09. The largest absolute Gasteiger partial charge is 0.394 e. The molecule has 0 aromatic rings. The highest BCUT2D eigenvalue weighted by Gasteiger charge is 2.28. The van der Waals surface area contributed by atoms with Crippen LogP contribution < -0.4 is 0 Å². The van der Waals surface area contributed by atoms with E-state index in [1.165, 1.54) is 0 Å². The highest BCUT2D eigenvalue weighted by Crippen LogP contribution is 2.10. The summed E-state index contributed by atoms with van der Waals surface area (Å²) >= 11 is 0. The van der Waals surface area contributed by atoms with Gasteiger partial charge in [-0.15, -0.1) is 0 Å². The van der Waals surface area contributed by atoms with Gasteiger partial charge in [-0.2, -0.15) is 10.2 Å². The van der Waals surface area contributed by atoms with E-state index >= 15 is 0 Å². The number of nitrogens with zero attached hydrogens (tertiary/aromatic N) is 2. The molecule has 0 aromatic carbocycles. The van der Waals surface area contributed by atoms with Gasteiger partial charge >= 0.3 is 0 Å². The first-order valence-electron chi connectivity index (χ1n) is 3.09. The quantitative estimate of drug-likeness (QED) is 0.422. The van der Waals surface area contributed by atoms with Crippen LogP contribution in [0.1, 0.15) is 0 Å². The standard InChI is InChI=1S/C5H10N2O3/c8-2-3-5(10)4(9)1-6-7-3/h3-5,8-10H,1-2H2/t3-,4-,5-/m1/s1. The topological polar surface area (TPSA) is 85.4 Å². The zero-order valence-electron chi connectivity index (χ0n) is 5.38. The zero-order valence-corrected chi connectivity index (χ0v) is 5.38. The molecule has 3 atom stereocenters. The average molecular weight is 146 g/mol. The normalized spacial score (nSPS) is 40.1. The molecule has 0 aromatic heterocycles. The number of hydrogen-bond donors (Lipinski definition) is 3. The van der Waals surface area contributed by atoms with E-state index in [9.17, 15) is 0 Å². The Hall–Kier alpha value is -0.520. The van der Waals surface area contributed by atoms with Crippen LogP contribution in [0.3, 0.4) is 0 Å². The summed E-state index contributed by atoms with van der Waals surface area (Å²) in [4.78, 5) is 0. The molecule has 5 heteroatoms. The summed E-state index contributed by atoms with van der Waals surface area (Å²) in [5, 5.41) is 33.7. The summed E-state index contributed by atoms with van der Waals surface area (Å²) in [5.74, 6) is 0. The van der Waals surface area contributed by atoms with Crippen LogP contribution in [0.4, 0.5) is 0 Å². The van der Waals surface area contributed by atoms with Crippen molar-refractivity contribution < 1.29 is 15.3 Å². The van der Waals surface area contributed by atoms with Crippen molar-refractivity contribution in [2.45, 2.75) is 18.2 Å². The Labute approximate surface area is 58.0 Å². The lowest BCUT2D eigenvalue weighted by molar-refractivity contribution is -0.0146. The molecule has 0 amide bonds. The van der Waals surface area contributed by atoms with Crippen LogP contribution in [0.15, 0.2) is 10.2 Å². The van der Waals surface area contributed by atoms with Gasteiger partial charge in [0.25, 0.3) is 0 Å². The van der Waals surface area contributed by atoms with Gasteiger partial charge in [0.15, 0.2) is 0 Å². The van der Waals surface area contributed by atoms with E-state index in [1.807, 2.05) is 0 Å². The minimum Gasteiger partial charge on any atom is -0.394 e. The molecular weight excluding hydrogens is 136 g/mol. The van der Waals surface area contributed by atoms with Gasteiger partial charge in [-0.05, 0) is 0 Å². The molecule has 0 bridgehead atoms. The van der Waals surface area contributed by atoms with E-state index in [0.717, 1.165) is 0 Å². The van der Waals surface area contributed by atoms with Crippen molar-refractivity contribution in [3.63, 3.8) is 0 Å². The number of rotatable bonds is 1. The lowest BCUT2D eigenvalue weighted by Gasteiger charge is -2.23. The predicted molar refractivity (Wildman–Crippen MR) is 32.6 cm³/mol. The number of hydrogen-bond acceptors (Lipinski definition) is 5. The molecule has 0 saturated heterocycles. The van der Waals surface area contributed by atoms with Gasteiger partial charge in [-0.25, -0.2) is 0 Å². The fraction of sp³-hybridized carbons (Fsp3) is 1.00. The third kappa shape index (κ3) is 1.31. The smallest absolute Gasteiger partial charge is 0.122 e. The van der Waals surface area contributed by atoms with Gasteiger partial charge in [0.05, 0.1) is 13.2 Å². The lowest BCUT2D eigenvalue weighted by Crippen LogP contribution is -2.42. The van der Waals surface area contributed by atoms with Crippen molar-refractivity contribution >= 4 is 0 Å². The second-order valence-electron chi connectivity index (χ2n) is 2.25. The molecule has 0 unspecified atom stereocenters. The van der Waals surface area contributed by atoms with E-state index in [0.29, 0.717) is 0 Å². The summed E-state index contributed by atoms with van der Waals surface area (Å²) in [6, 6.07) is -0.649. The lowest BCUT2D eigenvalue weighted by atomic mass is 10.1. The Bertz CT molecular complexity index is 139. The second-order valence-corrected chi connectivity index (χ2v) is 2.25. The van der Waals surface area contributed by atoms with Crippen molar-refractivity contribution in [1.29, 1.82) is 0 Å². The van der Waals surface area contributed by atoms with Crippen LogP contribution in [-0.2, 0) is 0 Å². The van der Waals surface area contributed by atoms with E-state index in [1.54, 1.807) is 0 Å². The Kier molecular flexibility index (Phi) is 2.31. The Morgan fingerprint density at radius 3 is 2.60 bits per heavy atom. The first kappa shape index (κ1) is 7.59. The molecule has 1 heterocycles. The molecule has 1 aliphatic heterocycles.